The average molecular weight is 499 g/mol. The van der Waals surface area contributed by atoms with Crippen molar-refractivity contribution in [2.75, 3.05) is 51.2 Å². The van der Waals surface area contributed by atoms with Crippen molar-refractivity contribution < 1.29 is 23.9 Å². The smallest absolute Gasteiger partial charge is 0.409 e. The lowest BCUT2D eigenvalue weighted by Gasteiger charge is -2.34. The van der Waals surface area contributed by atoms with Crippen LogP contribution < -0.4 is 5.32 Å². The van der Waals surface area contributed by atoms with Crippen molar-refractivity contribution in [3.63, 3.8) is 0 Å². The fraction of sp³-hybridized carbons (Fsp3) is 0.440. The lowest BCUT2D eigenvalue weighted by molar-refractivity contribution is 0.0571. The number of carbonyl (C=O) groups is 4. The average Bonchev–Trinajstić information content (AvgIpc) is 3.36. The maximum Gasteiger partial charge on any atom is 0.409 e. The lowest BCUT2D eigenvalue weighted by atomic mass is 10.1. The number of thiophene rings is 1. The lowest BCUT2D eigenvalue weighted by Crippen LogP contribution is -2.50. The Labute approximate surface area is 208 Å². The number of likely N-dealkylation sites (tertiary alicyclic amines) is 1. The Morgan fingerprint density at radius 2 is 1.40 bits per heavy atom. The van der Waals surface area contributed by atoms with Gasteiger partial charge in [-0.2, -0.15) is 0 Å². The molecule has 0 spiro atoms. The molecule has 2 fully saturated rings. The normalized spacial score (nSPS) is 16.1. The summed E-state index contributed by atoms with van der Waals surface area (Å²) in [6.07, 6.45) is 2.83. The van der Waals surface area contributed by atoms with E-state index in [1.165, 1.54) is 11.3 Å². The molecule has 0 saturated carbocycles. The predicted octanol–water partition coefficient (Wildman–Crippen LogP) is 3.54. The number of piperidine rings is 1. The molecular formula is C25H30N4O5S. The Morgan fingerprint density at radius 3 is 2.06 bits per heavy atom. The monoisotopic (exact) mass is 498 g/mol. The Balaban J connectivity index is 1.35. The molecule has 0 radical (unpaired) electrons. The van der Waals surface area contributed by atoms with Gasteiger partial charge in [-0.3, -0.25) is 14.4 Å². The number of benzene rings is 1. The van der Waals surface area contributed by atoms with Crippen molar-refractivity contribution in [1.29, 1.82) is 0 Å². The van der Waals surface area contributed by atoms with E-state index in [-0.39, 0.29) is 23.8 Å². The molecule has 0 aliphatic carbocycles. The molecule has 1 aromatic heterocycles. The molecule has 2 saturated heterocycles. The van der Waals surface area contributed by atoms with Gasteiger partial charge in [0.15, 0.2) is 0 Å². The van der Waals surface area contributed by atoms with Gasteiger partial charge in [-0.05, 0) is 61.9 Å². The van der Waals surface area contributed by atoms with E-state index in [4.69, 9.17) is 4.74 Å². The SMILES string of the molecule is CCOC(=O)N1CCN(C(=O)c2ccsc2NC(=O)c2ccc(C(=O)N3CCCCC3)cc2)CC1. The van der Waals surface area contributed by atoms with E-state index in [9.17, 15) is 19.2 Å². The van der Waals surface area contributed by atoms with E-state index >= 15 is 0 Å². The largest absolute Gasteiger partial charge is 0.450 e. The van der Waals surface area contributed by atoms with Crippen molar-refractivity contribution in [2.45, 2.75) is 26.2 Å². The second kappa shape index (κ2) is 11.4. The second-order valence-corrected chi connectivity index (χ2v) is 9.44. The molecule has 1 N–H and O–H groups in total. The first kappa shape index (κ1) is 24.7. The summed E-state index contributed by atoms with van der Waals surface area (Å²) in [5.74, 6) is -0.538. The molecule has 0 bridgehead atoms. The van der Waals surface area contributed by atoms with Crippen molar-refractivity contribution in [3.05, 3.63) is 52.4 Å². The molecule has 10 heteroatoms. The van der Waals surface area contributed by atoms with E-state index in [1.807, 2.05) is 4.90 Å². The third-order valence-corrected chi connectivity index (χ3v) is 7.08. The fourth-order valence-electron chi connectivity index (χ4n) is 4.27. The number of ether oxygens (including phenoxy) is 1. The van der Waals surface area contributed by atoms with Gasteiger partial charge < -0.3 is 24.8 Å². The topological polar surface area (TPSA) is 99.3 Å². The van der Waals surface area contributed by atoms with Crippen LogP contribution in [0, 0.1) is 0 Å². The second-order valence-electron chi connectivity index (χ2n) is 8.53. The van der Waals surface area contributed by atoms with E-state index < -0.39 is 0 Å². The number of piperazine rings is 1. The zero-order chi connectivity index (χ0) is 24.8. The minimum Gasteiger partial charge on any atom is -0.450 e. The molecule has 2 aliphatic heterocycles. The summed E-state index contributed by atoms with van der Waals surface area (Å²) in [5, 5.41) is 5.07. The number of carbonyl (C=O) groups excluding carboxylic acids is 4. The van der Waals surface area contributed by atoms with Crippen LogP contribution in [0.3, 0.4) is 0 Å². The Hall–Kier alpha value is -3.40. The van der Waals surface area contributed by atoms with Gasteiger partial charge in [-0.25, -0.2) is 4.79 Å². The van der Waals surface area contributed by atoms with Crippen LogP contribution in [0.2, 0.25) is 0 Å². The number of nitrogens with zero attached hydrogens (tertiary/aromatic N) is 3. The summed E-state index contributed by atoms with van der Waals surface area (Å²) < 4.78 is 5.02. The number of rotatable bonds is 5. The Morgan fingerprint density at radius 1 is 0.800 bits per heavy atom. The van der Waals surface area contributed by atoms with E-state index in [1.54, 1.807) is 52.4 Å². The van der Waals surface area contributed by atoms with Crippen LogP contribution in [0.1, 0.15) is 57.3 Å². The summed E-state index contributed by atoms with van der Waals surface area (Å²) in [4.78, 5) is 55.6. The molecule has 1 aromatic carbocycles. The molecule has 2 aromatic rings. The summed E-state index contributed by atoms with van der Waals surface area (Å²) >= 11 is 1.28. The molecule has 2 aliphatic rings. The van der Waals surface area contributed by atoms with Crippen LogP contribution in [-0.4, -0.2) is 84.4 Å². The first-order valence-electron chi connectivity index (χ1n) is 12.0. The van der Waals surface area contributed by atoms with Crippen LogP contribution in [0.4, 0.5) is 9.80 Å². The Bertz CT molecular complexity index is 1070. The molecule has 9 nitrogen and oxygen atoms in total. The van der Waals surface area contributed by atoms with Gasteiger partial charge in [0.1, 0.15) is 5.00 Å². The van der Waals surface area contributed by atoms with E-state index in [0.29, 0.717) is 54.5 Å². The molecular weight excluding hydrogens is 468 g/mol. The predicted molar refractivity (Wildman–Crippen MR) is 133 cm³/mol. The van der Waals surface area contributed by atoms with Crippen molar-refractivity contribution in [3.8, 4) is 0 Å². The van der Waals surface area contributed by atoms with Gasteiger partial charge in [0.2, 0.25) is 0 Å². The van der Waals surface area contributed by atoms with Gasteiger partial charge in [-0.1, -0.05) is 0 Å². The van der Waals surface area contributed by atoms with Gasteiger partial charge in [0.05, 0.1) is 12.2 Å². The van der Waals surface area contributed by atoms with Gasteiger partial charge >= 0.3 is 6.09 Å². The van der Waals surface area contributed by atoms with Crippen LogP contribution in [0.25, 0.3) is 0 Å². The number of nitrogens with one attached hydrogen (secondary N) is 1. The van der Waals surface area contributed by atoms with E-state index in [0.717, 1.165) is 32.4 Å². The summed E-state index contributed by atoms with van der Waals surface area (Å²) in [7, 11) is 0. The van der Waals surface area contributed by atoms with Crippen LogP contribution in [0.15, 0.2) is 35.7 Å². The summed E-state index contributed by atoms with van der Waals surface area (Å²) in [6, 6.07) is 8.32. The zero-order valence-electron chi connectivity index (χ0n) is 19.8. The van der Waals surface area contributed by atoms with Crippen molar-refractivity contribution in [1.82, 2.24) is 14.7 Å². The molecule has 186 valence electrons. The molecule has 4 amide bonds. The minimum atomic E-state index is -0.369. The van der Waals surface area contributed by atoms with Crippen LogP contribution >= 0.6 is 11.3 Å². The zero-order valence-corrected chi connectivity index (χ0v) is 20.6. The summed E-state index contributed by atoms with van der Waals surface area (Å²) in [5.41, 5.74) is 1.40. The summed E-state index contributed by atoms with van der Waals surface area (Å²) in [6.45, 7) is 5.21. The number of anilines is 1. The maximum absolute atomic E-state index is 13.1. The molecule has 3 heterocycles. The Kier molecular flexibility index (Phi) is 8.02. The van der Waals surface area contributed by atoms with E-state index in [2.05, 4.69) is 5.32 Å². The molecule has 4 rings (SSSR count). The van der Waals surface area contributed by atoms with Gasteiger partial charge in [-0.15, -0.1) is 11.3 Å². The highest BCUT2D eigenvalue weighted by molar-refractivity contribution is 7.14. The van der Waals surface area contributed by atoms with Gasteiger partial charge in [0, 0.05) is 50.4 Å². The fourth-order valence-corrected chi connectivity index (χ4v) is 5.04. The highest BCUT2D eigenvalue weighted by Gasteiger charge is 2.27. The molecule has 0 atom stereocenters. The minimum absolute atomic E-state index is 0.00847. The molecule has 35 heavy (non-hydrogen) atoms. The number of amides is 4. The first-order chi connectivity index (χ1) is 17.0. The third-order valence-electron chi connectivity index (χ3n) is 6.25. The highest BCUT2D eigenvalue weighted by atomic mass is 32.1. The standard InChI is InChI=1S/C25H30N4O5S/c1-2-34-25(33)29-15-13-28(14-16-29)24(32)20-10-17-35-22(20)26-21(30)18-6-8-19(9-7-18)23(31)27-11-4-3-5-12-27/h6-10,17H,2-5,11-16H2,1H3,(H,26,30). The van der Waals surface area contributed by atoms with Crippen LogP contribution in [-0.2, 0) is 4.74 Å². The molecule has 0 unspecified atom stereocenters. The first-order valence-corrected chi connectivity index (χ1v) is 12.8. The number of hydrogen-bond acceptors (Lipinski definition) is 6. The number of hydrogen-bond donors (Lipinski definition) is 1. The van der Waals surface area contributed by atoms with Crippen molar-refractivity contribution >= 4 is 40.2 Å². The van der Waals surface area contributed by atoms with Crippen molar-refractivity contribution in [2.24, 2.45) is 0 Å². The van der Waals surface area contributed by atoms with Gasteiger partial charge in [0.25, 0.3) is 17.7 Å². The quantitative estimate of drug-likeness (QED) is 0.680. The maximum atomic E-state index is 13.1. The highest BCUT2D eigenvalue weighted by Crippen LogP contribution is 2.26. The van der Waals surface area contributed by atoms with Crippen LogP contribution in [0.5, 0.6) is 0 Å². The third kappa shape index (κ3) is 5.82.